The van der Waals surface area contributed by atoms with Crippen molar-refractivity contribution in [1.82, 2.24) is 4.31 Å². The number of benzene rings is 1. The Morgan fingerprint density at radius 3 is 2.52 bits per heavy atom. The lowest BCUT2D eigenvalue weighted by atomic mass is 10.2. The summed E-state index contributed by atoms with van der Waals surface area (Å²) in [7, 11) is -2.02. The molecule has 0 saturated heterocycles. The molecule has 0 bridgehead atoms. The van der Waals surface area contributed by atoms with Crippen molar-refractivity contribution >= 4 is 10.0 Å². The van der Waals surface area contributed by atoms with E-state index in [2.05, 4.69) is 0 Å². The van der Waals surface area contributed by atoms with Gasteiger partial charge < -0.3 is 10.5 Å². The summed E-state index contributed by atoms with van der Waals surface area (Å²) in [5.41, 5.74) is 6.45. The topological polar surface area (TPSA) is 72.6 Å². The summed E-state index contributed by atoms with van der Waals surface area (Å²) in [4.78, 5) is 0.250. The Morgan fingerprint density at radius 2 is 2.00 bits per heavy atom. The average Bonchev–Trinajstić information content (AvgIpc) is 3.37. The fraction of sp³-hybridized carbons (Fsp3) is 0.600. The SMILES string of the molecule is COc1ccc(CN)cc1S(=O)(=O)N(CC1CC1)C1CC1. The number of hydrogen-bond acceptors (Lipinski definition) is 4. The first-order valence-electron chi connectivity index (χ1n) is 7.45. The maximum Gasteiger partial charge on any atom is 0.247 e. The first-order valence-corrected chi connectivity index (χ1v) is 8.89. The second-order valence-corrected chi connectivity index (χ2v) is 7.80. The van der Waals surface area contributed by atoms with Crippen LogP contribution in [0, 0.1) is 5.92 Å². The van der Waals surface area contributed by atoms with Gasteiger partial charge in [-0.05, 0) is 49.3 Å². The highest BCUT2D eigenvalue weighted by Gasteiger charge is 2.42. The van der Waals surface area contributed by atoms with Crippen LogP contribution < -0.4 is 10.5 Å². The van der Waals surface area contributed by atoms with Gasteiger partial charge in [-0.25, -0.2) is 8.42 Å². The van der Waals surface area contributed by atoms with E-state index in [1.807, 2.05) is 0 Å². The van der Waals surface area contributed by atoms with Gasteiger partial charge >= 0.3 is 0 Å². The molecule has 0 heterocycles. The highest BCUT2D eigenvalue weighted by molar-refractivity contribution is 7.89. The zero-order chi connectivity index (χ0) is 15.0. The van der Waals surface area contributed by atoms with Crippen molar-refractivity contribution in [2.24, 2.45) is 11.7 Å². The van der Waals surface area contributed by atoms with Gasteiger partial charge in [0.2, 0.25) is 10.0 Å². The molecule has 2 aliphatic rings. The van der Waals surface area contributed by atoms with Crippen LogP contribution in [-0.2, 0) is 16.6 Å². The molecular formula is C15H22N2O3S. The molecule has 0 spiro atoms. The number of sulfonamides is 1. The highest BCUT2D eigenvalue weighted by atomic mass is 32.2. The van der Waals surface area contributed by atoms with Crippen molar-refractivity contribution in [3.05, 3.63) is 23.8 Å². The van der Waals surface area contributed by atoms with E-state index >= 15 is 0 Å². The smallest absolute Gasteiger partial charge is 0.247 e. The van der Waals surface area contributed by atoms with Crippen molar-refractivity contribution in [2.75, 3.05) is 13.7 Å². The lowest BCUT2D eigenvalue weighted by Gasteiger charge is -2.23. The van der Waals surface area contributed by atoms with Crippen molar-refractivity contribution in [3.63, 3.8) is 0 Å². The lowest BCUT2D eigenvalue weighted by molar-refractivity contribution is 0.376. The van der Waals surface area contributed by atoms with E-state index in [-0.39, 0.29) is 10.9 Å². The molecule has 6 heteroatoms. The third-order valence-electron chi connectivity index (χ3n) is 4.14. The van der Waals surface area contributed by atoms with Crippen LogP contribution in [0.3, 0.4) is 0 Å². The second-order valence-electron chi connectivity index (χ2n) is 5.94. The number of nitrogens with zero attached hydrogens (tertiary/aromatic N) is 1. The summed E-state index contributed by atoms with van der Waals surface area (Å²) < 4.78 is 33.0. The van der Waals surface area contributed by atoms with Gasteiger partial charge in [-0.2, -0.15) is 4.31 Å². The van der Waals surface area contributed by atoms with E-state index in [4.69, 9.17) is 10.5 Å². The minimum Gasteiger partial charge on any atom is -0.495 e. The predicted molar refractivity (Wildman–Crippen MR) is 80.5 cm³/mol. The summed E-state index contributed by atoms with van der Waals surface area (Å²) in [6.07, 6.45) is 4.20. The van der Waals surface area contributed by atoms with Crippen LogP contribution in [0.2, 0.25) is 0 Å². The molecule has 2 saturated carbocycles. The van der Waals surface area contributed by atoms with Crippen LogP contribution in [0.25, 0.3) is 0 Å². The Labute approximate surface area is 126 Å². The number of rotatable bonds is 7. The maximum absolute atomic E-state index is 13.0. The van der Waals surface area contributed by atoms with Crippen LogP contribution >= 0.6 is 0 Å². The molecule has 0 aliphatic heterocycles. The third kappa shape index (κ3) is 3.07. The summed E-state index contributed by atoms with van der Waals surface area (Å²) >= 11 is 0. The lowest BCUT2D eigenvalue weighted by Crippen LogP contribution is -2.35. The van der Waals surface area contributed by atoms with Crippen molar-refractivity contribution < 1.29 is 13.2 Å². The maximum atomic E-state index is 13.0. The van der Waals surface area contributed by atoms with Crippen molar-refractivity contribution in [1.29, 1.82) is 0 Å². The molecule has 21 heavy (non-hydrogen) atoms. The molecule has 2 N–H and O–H groups in total. The van der Waals surface area contributed by atoms with Crippen molar-refractivity contribution in [2.45, 2.75) is 43.2 Å². The Balaban J connectivity index is 1.98. The molecule has 3 rings (SSSR count). The number of nitrogens with two attached hydrogens (primary N) is 1. The van der Waals surface area contributed by atoms with Crippen LogP contribution in [0.1, 0.15) is 31.2 Å². The molecule has 0 amide bonds. The van der Waals surface area contributed by atoms with Crippen LogP contribution in [0.15, 0.2) is 23.1 Å². The molecule has 5 nitrogen and oxygen atoms in total. The predicted octanol–water partition coefficient (Wildman–Crippen LogP) is 1.72. The summed E-state index contributed by atoms with van der Waals surface area (Å²) in [6.45, 7) is 0.960. The number of methoxy groups -OCH3 is 1. The van der Waals surface area contributed by atoms with Crippen LogP contribution in [0.4, 0.5) is 0 Å². The Hall–Kier alpha value is -1.11. The molecule has 1 aromatic rings. The third-order valence-corrected chi connectivity index (χ3v) is 6.08. The second kappa shape index (κ2) is 5.59. The standard InChI is InChI=1S/C15H22N2O3S/c1-20-14-7-4-12(9-16)8-15(14)21(18,19)17(13-5-6-13)10-11-2-3-11/h4,7-8,11,13H,2-3,5-6,9-10,16H2,1H3. The van der Waals surface area contributed by atoms with Gasteiger partial charge in [-0.3, -0.25) is 0 Å². The Kier molecular flexibility index (Phi) is 3.94. The number of hydrogen-bond donors (Lipinski definition) is 1. The first kappa shape index (κ1) is 14.8. The van der Waals surface area contributed by atoms with E-state index in [0.717, 1.165) is 31.2 Å². The molecule has 2 aliphatic carbocycles. The zero-order valence-electron chi connectivity index (χ0n) is 12.3. The number of ether oxygens (including phenoxy) is 1. The zero-order valence-corrected chi connectivity index (χ0v) is 13.1. The van der Waals surface area contributed by atoms with Crippen LogP contribution in [-0.4, -0.2) is 32.4 Å². The fourth-order valence-corrected chi connectivity index (χ4v) is 4.51. The van der Waals surface area contributed by atoms with E-state index in [0.29, 0.717) is 24.8 Å². The van der Waals surface area contributed by atoms with Gasteiger partial charge in [0.1, 0.15) is 10.6 Å². The molecule has 0 radical (unpaired) electrons. The minimum atomic E-state index is -3.52. The molecule has 0 aromatic heterocycles. The summed E-state index contributed by atoms with van der Waals surface area (Å²) in [5, 5.41) is 0. The Morgan fingerprint density at radius 1 is 1.29 bits per heavy atom. The van der Waals surface area contributed by atoms with E-state index in [1.165, 1.54) is 7.11 Å². The van der Waals surface area contributed by atoms with Gasteiger partial charge in [0.15, 0.2) is 0 Å². The highest BCUT2D eigenvalue weighted by Crippen LogP contribution is 2.39. The monoisotopic (exact) mass is 310 g/mol. The summed E-state index contributed by atoms with van der Waals surface area (Å²) in [5.74, 6) is 0.928. The van der Waals surface area contributed by atoms with Gasteiger partial charge in [0.25, 0.3) is 0 Å². The van der Waals surface area contributed by atoms with Gasteiger partial charge in [-0.15, -0.1) is 0 Å². The molecular weight excluding hydrogens is 288 g/mol. The molecule has 2 fully saturated rings. The quantitative estimate of drug-likeness (QED) is 0.832. The van der Waals surface area contributed by atoms with Gasteiger partial charge in [0.05, 0.1) is 7.11 Å². The largest absolute Gasteiger partial charge is 0.495 e. The molecule has 0 unspecified atom stereocenters. The van der Waals surface area contributed by atoms with Crippen LogP contribution in [0.5, 0.6) is 5.75 Å². The molecule has 1 aromatic carbocycles. The van der Waals surface area contributed by atoms with Gasteiger partial charge in [0, 0.05) is 19.1 Å². The van der Waals surface area contributed by atoms with E-state index < -0.39 is 10.0 Å². The average molecular weight is 310 g/mol. The van der Waals surface area contributed by atoms with Gasteiger partial charge in [-0.1, -0.05) is 6.07 Å². The normalized spacial score (nSPS) is 19.0. The fourth-order valence-electron chi connectivity index (χ4n) is 2.54. The Bertz CT molecular complexity index is 622. The van der Waals surface area contributed by atoms with E-state index in [9.17, 15) is 8.42 Å². The molecule has 0 atom stereocenters. The summed E-state index contributed by atoms with van der Waals surface area (Å²) in [6, 6.07) is 5.32. The van der Waals surface area contributed by atoms with Crippen molar-refractivity contribution in [3.8, 4) is 5.75 Å². The molecule has 116 valence electrons. The minimum absolute atomic E-state index is 0.168. The first-order chi connectivity index (χ1) is 10.1. The van der Waals surface area contributed by atoms with E-state index in [1.54, 1.807) is 22.5 Å².